The Morgan fingerprint density at radius 1 is 1.20 bits per heavy atom. The molecule has 0 spiro atoms. The minimum Gasteiger partial charge on any atom is -0.478 e. The number of benzene rings is 1. The van der Waals surface area contributed by atoms with Gasteiger partial charge in [0.25, 0.3) is 11.8 Å². The van der Waals surface area contributed by atoms with E-state index in [1.165, 1.54) is 35.9 Å². The zero-order valence-electron chi connectivity index (χ0n) is 26.6. The zero-order chi connectivity index (χ0) is 35.9. The number of nitrogens with one attached hydrogen (secondary N) is 3. The number of carboxylic acids is 2. The molecule has 2 atom stereocenters. The summed E-state index contributed by atoms with van der Waals surface area (Å²) in [6.45, 7) is 3.24. The highest BCUT2D eigenvalue weighted by atomic mass is 32.2. The fourth-order valence-electron chi connectivity index (χ4n) is 5.36. The van der Waals surface area contributed by atoms with Crippen molar-refractivity contribution in [3.05, 3.63) is 76.8 Å². The second-order valence-corrected chi connectivity index (χ2v) is 13.8. The van der Waals surface area contributed by atoms with Gasteiger partial charge in [-0.05, 0) is 31.5 Å². The first-order chi connectivity index (χ1) is 23.7. The Balaban J connectivity index is 1.18. The van der Waals surface area contributed by atoms with Gasteiger partial charge in [0, 0.05) is 35.1 Å². The lowest BCUT2D eigenvalue weighted by Crippen LogP contribution is -2.71. The third-order valence-electron chi connectivity index (χ3n) is 7.92. The Labute approximate surface area is 291 Å². The number of nitrogens with zero attached hydrogens (tertiary/aromatic N) is 6. The molecule has 260 valence electrons. The summed E-state index contributed by atoms with van der Waals surface area (Å²) in [4.78, 5) is 61.2. The van der Waals surface area contributed by atoms with E-state index in [0.717, 1.165) is 22.5 Å². The van der Waals surface area contributed by atoms with Crippen molar-refractivity contribution < 1.29 is 38.9 Å². The summed E-state index contributed by atoms with van der Waals surface area (Å²) in [5.74, 6) is -3.99. The van der Waals surface area contributed by atoms with Crippen LogP contribution in [0.4, 0.5) is 10.8 Å². The molecule has 0 unspecified atom stereocenters. The molecule has 0 saturated carbocycles. The van der Waals surface area contributed by atoms with Crippen molar-refractivity contribution >= 4 is 75.0 Å². The molecule has 18 nitrogen and oxygen atoms in total. The number of rotatable bonds is 12. The lowest BCUT2D eigenvalue weighted by atomic mass is 10.0. The Kier molecular flexibility index (Phi) is 8.97. The fourth-order valence-corrected chi connectivity index (χ4v) is 7.24. The number of imidazole rings is 1. The smallest absolute Gasteiger partial charge is 0.352 e. The van der Waals surface area contributed by atoms with Crippen molar-refractivity contribution in [3.63, 3.8) is 0 Å². The van der Waals surface area contributed by atoms with Crippen LogP contribution in [-0.2, 0) is 37.1 Å². The van der Waals surface area contributed by atoms with Crippen molar-refractivity contribution in [2.24, 2.45) is 10.9 Å². The average molecular weight is 723 g/mol. The highest BCUT2D eigenvalue weighted by Crippen LogP contribution is 2.40. The van der Waals surface area contributed by atoms with Gasteiger partial charge in [-0.15, -0.1) is 32.3 Å². The molecule has 1 saturated heterocycles. The number of fused-ring (bicyclic) bond motifs is 2. The molecule has 50 heavy (non-hydrogen) atoms. The number of aliphatic carboxylic acids is 2. The molecule has 5 heterocycles. The van der Waals surface area contributed by atoms with Crippen LogP contribution in [0.3, 0.4) is 0 Å². The first-order valence-electron chi connectivity index (χ1n) is 14.9. The highest BCUT2D eigenvalue weighted by Gasteiger charge is 2.55. The van der Waals surface area contributed by atoms with Gasteiger partial charge in [0.1, 0.15) is 22.8 Å². The number of nitrogens with two attached hydrogens (primary N) is 2. The fraction of sp³-hybridized carbons (Fsp3) is 0.267. The minimum atomic E-state index is -1.78. The van der Waals surface area contributed by atoms with Gasteiger partial charge in [-0.25, -0.2) is 14.6 Å². The van der Waals surface area contributed by atoms with E-state index in [2.05, 4.69) is 20.8 Å². The molecule has 3 aromatic heterocycles. The number of carbonyl (C=O) groups excluding carboxylic acids is 2. The van der Waals surface area contributed by atoms with E-state index in [-0.39, 0.29) is 34.8 Å². The molecule has 0 bridgehead atoms. The van der Waals surface area contributed by atoms with Crippen LogP contribution in [0, 0.1) is 5.41 Å². The van der Waals surface area contributed by atoms with Gasteiger partial charge in [-0.1, -0.05) is 17.3 Å². The summed E-state index contributed by atoms with van der Waals surface area (Å²) in [6.07, 6.45) is 5.59. The van der Waals surface area contributed by atoms with Gasteiger partial charge in [0.15, 0.2) is 35.2 Å². The Morgan fingerprint density at radius 3 is 2.58 bits per heavy atom. The molecule has 1 aromatic carbocycles. The van der Waals surface area contributed by atoms with Gasteiger partial charge in [0.2, 0.25) is 5.60 Å². The molecule has 9 N–H and O–H groups in total. The predicted octanol–water partition coefficient (Wildman–Crippen LogP) is 0.443. The molecule has 20 heteroatoms. The summed E-state index contributed by atoms with van der Waals surface area (Å²) >= 11 is 2.32. The summed E-state index contributed by atoms with van der Waals surface area (Å²) in [6, 6.07) is 8.33. The van der Waals surface area contributed by atoms with Crippen LogP contribution in [0.5, 0.6) is 0 Å². The van der Waals surface area contributed by atoms with Crippen LogP contribution in [0.1, 0.15) is 25.1 Å². The van der Waals surface area contributed by atoms with Gasteiger partial charge in [0.05, 0.1) is 12.3 Å². The van der Waals surface area contributed by atoms with Crippen LogP contribution in [0.25, 0.3) is 5.65 Å². The predicted molar refractivity (Wildman–Crippen MR) is 182 cm³/mol. The van der Waals surface area contributed by atoms with E-state index in [9.17, 15) is 29.4 Å². The van der Waals surface area contributed by atoms with Gasteiger partial charge < -0.3 is 41.7 Å². The number of guanidine groups is 1. The number of amides is 2. The van der Waals surface area contributed by atoms with Gasteiger partial charge >= 0.3 is 11.9 Å². The molecule has 0 aliphatic carbocycles. The van der Waals surface area contributed by atoms with Crippen molar-refractivity contribution in [3.8, 4) is 0 Å². The first kappa shape index (κ1) is 34.0. The minimum absolute atomic E-state index is 0.0174. The van der Waals surface area contributed by atoms with E-state index in [1.54, 1.807) is 0 Å². The largest absolute Gasteiger partial charge is 0.478 e. The van der Waals surface area contributed by atoms with Crippen molar-refractivity contribution in [2.75, 3.05) is 16.8 Å². The van der Waals surface area contributed by atoms with Crippen molar-refractivity contribution in [2.45, 2.75) is 44.0 Å². The van der Waals surface area contributed by atoms with Gasteiger partial charge in [-0.2, -0.15) is 0 Å². The molecule has 2 aliphatic rings. The van der Waals surface area contributed by atoms with Crippen LogP contribution >= 0.6 is 23.1 Å². The van der Waals surface area contributed by atoms with Crippen molar-refractivity contribution in [1.29, 1.82) is 5.41 Å². The van der Waals surface area contributed by atoms with Crippen LogP contribution in [0.15, 0.2) is 70.7 Å². The average Bonchev–Trinajstić information content (AvgIpc) is 3.78. The summed E-state index contributed by atoms with van der Waals surface area (Å²) in [5, 5.41) is 36.9. The van der Waals surface area contributed by atoms with E-state index in [0.29, 0.717) is 17.8 Å². The number of oxime groups is 1. The van der Waals surface area contributed by atoms with E-state index >= 15 is 0 Å². The maximum Gasteiger partial charge on any atom is 0.352 e. The van der Waals surface area contributed by atoms with Gasteiger partial charge in [-0.3, -0.25) is 19.9 Å². The second kappa shape index (κ2) is 13.2. The first-order valence-corrected chi connectivity index (χ1v) is 16.8. The Morgan fingerprint density at radius 2 is 1.94 bits per heavy atom. The normalized spacial score (nSPS) is 17.7. The quantitative estimate of drug-likeness (QED) is 0.0346. The number of carboxylic acid groups (broad SMARTS) is 2. The molecule has 2 aliphatic heterocycles. The summed E-state index contributed by atoms with van der Waals surface area (Å²) in [5.41, 5.74) is 11.9. The van der Waals surface area contributed by atoms with Crippen LogP contribution in [0.2, 0.25) is 0 Å². The molecular formula is C30H32N11O7S2+. The summed E-state index contributed by atoms with van der Waals surface area (Å²) < 4.78 is 5.75. The molecule has 6 rings (SSSR count). The number of carbonyl (C=O) groups is 4. The third kappa shape index (κ3) is 6.57. The number of hydrogen-bond acceptors (Lipinski definition) is 11. The Hall–Kier alpha value is -5.89. The number of anilines is 2. The SMILES string of the molecule is CC(C)(O/N=C(\C(=O)N[C@@H]1C(=O)N2C(C(=O)O)=C(C[n+]3ccc4n(Cc5ccc(NC(=N)N)cc5)ccn43)CS[C@H]12)c1csc(N)n1)C(=O)O. The maximum absolute atomic E-state index is 13.4. The van der Waals surface area contributed by atoms with Crippen LogP contribution in [-0.4, -0.2) is 87.4 Å². The third-order valence-corrected chi connectivity index (χ3v) is 9.94. The lowest BCUT2D eigenvalue weighted by molar-refractivity contribution is -0.753. The number of thioether (sulfide) groups is 1. The van der Waals surface area contributed by atoms with E-state index in [4.69, 9.17) is 21.7 Å². The molecule has 1 fully saturated rings. The number of nitrogen functional groups attached to an aromatic ring is 1. The van der Waals surface area contributed by atoms with Crippen molar-refractivity contribution in [1.82, 2.24) is 24.3 Å². The van der Waals surface area contributed by atoms with E-state index < -0.39 is 46.5 Å². The number of thiazole rings is 1. The Bertz CT molecular complexity index is 2100. The lowest BCUT2D eigenvalue weighted by Gasteiger charge is -2.49. The number of hydrogen-bond donors (Lipinski definition) is 7. The summed E-state index contributed by atoms with van der Waals surface area (Å²) in [7, 11) is 0. The number of aromatic nitrogens is 4. The highest BCUT2D eigenvalue weighted by molar-refractivity contribution is 8.00. The molecule has 0 radical (unpaired) electrons. The number of β-lactam (4-membered cyclic amide) rings is 1. The monoisotopic (exact) mass is 722 g/mol. The topological polar surface area (TPSA) is 260 Å². The molecule has 4 aromatic rings. The maximum atomic E-state index is 13.4. The van der Waals surface area contributed by atoms with Crippen LogP contribution < -0.4 is 26.8 Å². The van der Waals surface area contributed by atoms with E-state index in [1.807, 2.05) is 62.7 Å². The zero-order valence-corrected chi connectivity index (χ0v) is 28.2. The molecule has 2 amide bonds. The molecular weight excluding hydrogens is 691 g/mol. The second-order valence-electron chi connectivity index (χ2n) is 11.8. The standard InChI is InChI=1S/C30H31N11O7S2/c1-30(2,27(46)47)48-37-20(18-14-50-29(33)35-18)23(42)36-21-24(43)41-22(26(44)45)16(13-49-25(21)41)12-39-8-7-19-38(9-10-40(19)39)11-15-3-5-17(6-4-15)34-28(31)32/h3-10,14,21,25H,11-13H2,1-2H3,(H8-,31,32,33,34,35,36,42,44,45,46,47)/p+1/b37-20-/t21-,25-/m1/s1.